The van der Waals surface area contributed by atoms with Gasteiger partial charge in [0.1, 0.15) is 0 Å². The number of rotatable bonds is 0. The van der Waals surface area contributed by atoms with Crippen molar-refractivity contribution in [1.82, 2.24) is 5.32 Å². The van der Waals surface area contributed by atoms with Crippen LogP contribution in [0.25, 0.3) is 0 Å². The highest BCUT2D eigenvalue weighted by molar-refractivity contribution is 4.87. The lowest BCUT2D eigenvalue weighted by molar-refractivity contribution is 0.182. The van der Waals surface area contributed by atoms with Gasteiger partial charge in [-0.15, -0.1) is 0 Å². The van der Waals surface area contributed by atoms with Gasteiger partial charge in [0, 0.05) is 12.1 Å². The zero-order valence-corrected chi connectivity index (χ0v) is 7.47. The third-order valence-corrected chi connectivity index (χ3v) is 3.38. The highest BCUT2D eigenvalue weighted by atomic mass is 15.0. The van der Waals surface area contributed by atoms with E-state index in [4.69, 9.17) is 0 Å². The second kappa shape index (κ2) is 3.14. The highest BCUT2D eigenvalue weighted by Crippen LogP contribution is 2.31. The largest absolute Gasteiger partial charge is 0.311 e. The summed E-state index contributed by atoms with van der Waals surface area (Å²) >= 11 is 0. The molecule has 11 heavy (non-hydrogen) atoms. The van der Waals surface area contributed by atoms with Crippen molar-refractivity contribution in [2.24, 2.45) is 5.92 Å². The maximum Gasteiger partial charge on any atom is 0.00978 e. The topological polar surface area (TPSA) is 12.0 Å². The Morgan fingerprint density at radius 1 is 1.00 bits per heavy atom. The fourth-order valence-corrected chi connectivity index (χ4v) is 2.69. The monoisotopic (exact) mass is 153 g/mol. The normalized spacial score (nSPS) is 45.0. The van der Waals surface area contributed by atoms with Crippen molar-refractivity contribution >= 4 is 0 Å². The van der Waals surface area contributed by atoms with E-state index in [0.717, 1.165) is 18.0 Å². The van der Waals surface area contributed by atoms with E-state index >= 15 is 0 Å². The van der Waals surface area contributed by atoms with Gasteiger partial charge in [-0.2, -0.15) is 0 Å². The van der Waals surface area contributed by atoms with Crippen LogP contribution >= 0.6 is 0 Å². The molecular weight excluding hydrogens is 134 g/mol. The van der Waals surface area contributed by atoms with Gasteiger partial charge in [0.25, 0.3) is 0 Å². The van der Waals surface area contributed by atoms with Crippen LogP contribution < -0.4 is 5.32 Å². The minimum Gasteiger partial charge on any atom is -0.311 e. The summed E-state index contributed by atoms with van der Waals surface area (Å²) in [7, 11) is 0. The first kappa shape index (κ1) is 7.60. The number of hydrogen-bond donors (Lipinski definition) is 1. The Bertz CT molecular complexity index is 133. The first-order valence-electron chi connectivity index (χ1n) is 5.12. The minimum atomic E-state index is 0.786. The first-order valence-corrected chi connectivity index (χ1v) is 5.12. The van der Waals surface area contributed by atoms with Crippen molar-refractivity contribution in [2.45, 2.75) is 57.5 Å². The van der Waals surface area contributed by atoms with Gasteiger partial charge < -0.3 is 5.32 Å². The molecule has 0 unspecified atom stereocenters. The highest BCUT2D eigenvalue weighted by Gasteiger charge is 2.29. The summed E-state index contributed by atoms with van der Waals surface area (Å²) in [5.74, 6) is 1.03. The first-order chi connectivity index (χ1) is 5.36. The van der Waals surface area contributed by atoms with E-state index in [2.05, 4.69) is 12.2 Å². The van der Waals surface area contributed by atoms with Gasteiger partial charge in [0.15, 0.2) is 0 Å². The quantitative estimate of drug-likeness (QED) is 0.563. The Hall–Kier alpha value is -0.0400. The van der Waals surface area contributed by atoms with Gasteiger partial charge in [-0.25, -0.2) is 0 Å². The summed E-state index contributed by atoms with van der Waals surface area (Å²) in [6.45, 7) is 2.32. The van der Waals surface area contributed by atoms with E-state index in [0.29, 0.717) is 0 Å². The van der Waals surface area contributed by atoms with E-state index in [-0.39, 0.29) is 0 Å². The van der Waals surface area contributed by atoms with Gasteiger partial charge in [0.05, 0.1) is 0 Å². The Balaban J connectivity index is 1.93. The predicted octanol–water partition coefficient (Wildman–Crippen LogP) is 2.32. The van der Waals surface area contributed by atoms with Crippen molar-refractivity contribution in [3.05, 3.63) is 0 Å². The molecule has 2 aliphatic rings. The molecule has 2 rings (SSSR count). The number of fused-ring (bicyclic) bond motifs is 1. The molecular formula is C10H19N. The summed E-state index contributed by atoms with van der Waals surface area (Å²) in [5.41, 5.74) is 0. The third kappa shape index (κ3) is 1.58. The smallest absolute Gasteiger partial charge is 0.00978 e. The van der Waals surface area contributed by atoms with Crippen LogP contribution in [-0.4, -0.2) is 12.1 Å². The molecule has 1 aliphatic carbocycles. The van der Waals surface area contributed by atoms with Crippen LogP contribution in [0.4, 0.5) is 0 Å². The molecule has 0 spiro atoms. The van der Waals surface area contributed by atoms with Crippen LogP contribution in [0.15, 0.2) is 0 Å². The van der Waals surface area contributed by atoms with Crippen molar-refractivity contribution < 1.29 is 0 Å². The van der Waals surface area contributed by atoms with Gasteiger partial charge >= 0.3 is 0 Å². The van der Waals surface area contributed by atoms with Gasteiger partial charge in [0.2, 0.25) is 0 Å². The molecule has 0 aromatic rings. The fraction of sp³-hybridized carbons (Fsp3) is 1.00. The van der Waals surface area contributed by atoms with Crippen LogP contribution in [0.2, 0.25) is 0 Å². The Kier molecular flexibility index (Phi) is 2.17. The lowest BCUT2D eigenvalue weighted by Gasteiger charge is -2.39. The maximum atomic E-state index is 3.72. The molecule has 1 heterocycles. The van der Waals surface area contributed by atoms with E-state index < -0.39 is 0 Å². The molecule has 1 N–H and O–H groups in total. The van der Waals surface area contributed by atoms with Crippen LogP contribution in [0.1, 0.15) is 45.4 Å². The molecule has 0 radical (unpaired) electrons. The molecule has 64 valence electrons. The molecule has 1 nitrogen and oxygen atoms in total. The molecule has 1 saturated heterocycles. The molecule has 1 aliphatic heterocycles. The molecule has 3 atom stereocenters. The predicted molar refractivity (Wildman–Crippen MR) is 47.6 cm³/mol. The molecule has 0 aromatic heterocycles. The molecule has 0 amide bonds. The van der Waals surface area contributed by atoms with Crippen LogP contribution in [0, 0.1) is 5.92 Å². The standard InChI is InChI=1S/C10H19N/c1-8-6-7-9-4-2-3-5-10(9)11-8/h8-11H,2-7H2,1H3/t8-,9-,10+/m1/s1. The van der Waals surface area contributed by atoms with E-state index in [9.17, 15) is 0 Å². The number of piperidine rings is 1. The molecule has 1 saturated carbocycles. The summed E-state index contributed by atoms with van der Waals surface area (Å²) in [6, 6.07) is 1.67. The summed E-state index contributed by atoms with van der Waals surface area (Å²) in [4.78, 5) is 0. The summed E-state index contributed by atoms with van der Waals surface area (Å²) < 4.78 is 0. The number of nitrogens with one attached hydrogen (secondary N) is 1. The molecule has 0 bridgehead atoms. The van der Waals surface area contributed by atoms with Crippen molar-refractivity contribution in [1.29, 1.82) is 0 Å². The Morgan fingerprint density at radius 2 is 1.82 bits per heavy atom. The van der Waals surface area contributed by atoms with E-state index in [1.807, 2.05) is 0 Å². The molecule has 2 fully saturated rings. The zero-order chi connectivity index (χ0) is 7.68. The van der Waals surface area contributed by atoms with Crippen LogP contribution in [-0.2, 0) is 0 Å². The van der Waals surface area contributed by atoms with Gasteiger partial charge in [-0.3, -0.25) is 0 Å². The maximum absolute atomic E-state index is 3.72. The van der Waals surface area contributed by atoms with Crippen LogP contribution in [0.5, 0.6) is 0 Å². The summed E-state index contributed by atoms with van der Waals surface area (Å²) in [6.07, 6.45) is 8.76. The molecule has 1 heteroatoms. The fourth-order valence-electron chi connectivity index (χ4n) is 2.69. The average molecular weight is 153 g/mol. The minimum absolute atomic E-state index is 0.786. The average Bonchev–Trinajstić information content (AvgIpc) is 2.04. The lowest BCUT2D eigenvalue weighted by atomic mass is 9.78. The Morgan fingerprint density at radius 3 is 2.73 bits per heavy atom. The molecule has 0 aromatic carbocycles. The van der Waals surface area contributed by atoms with Crippen LogP contribution in [0.3, 0.4) is 0 Å². The van der Waals surface area contributed by atoms with E-state index in [1.165, 1.54) is 38.5 Å². The summed E-state index contributed by atoms with van der Waals surface area (Å²) in [5, 5.41) is 3.72. The van der Waals surface area contributed by atoms with E-state index in [1.54, 1.807) is 0 Å². The van der Waals surface area contributed by atoms with Crippen molar-refractivity contribution in [3.8, 4) is 0 Å². The van der Waals surface area contributed by atoms with Crippen molar-refractivity contribution in [3.63, 3.8) is 0 Å². The van der Waals surface area contributed by atoms with Gasteiger partial charge in [-0.1, -0.05) is 12.8 Å². The van der Waals surface area contributed by atoms with Crippen molar-refractivity contribution in [2.75, 3.05) is 0 Å². The lowest BCUT2D eigenvalue weighted by Crippen LogP contribution is -2.47. The van der Waals surface area contributed by atoms with Gasteiger partial charge in [-0.05, 0) is 38.5 Å². The second-order valence-electron chi connectivity index (χ2n) is 4.30. The third-order valence-electron chi connectivity index (χ3n) is 3.38. The number of hydrogen-bond acceptors (Lipinski definition) is 1. The zero-order valence-electron chi connectivity index (χ0n) is 7.47. The Labute approximate surface area is 69.6 Å². The second-order valence-corrected chi connectivity index (χ2v) is 4.30. The SMILES string of the molecule is C[C@@H]1CC[C@H]2CCCC[C@@H]2N1.